The molecule has 23 heavy (non-hydrogen) atoms. The molecule has 0 aromatic carbocycles. The van der Waals surface area contributed by atoms with Crippen LogP contribution in [-0.4, -0.2) is 86.0 Å². The molecule has 2 rings (SSSR count). The number of hydrogen-bond acceptors (Lipinski definition) is 3. The van der Waals surface area contributed by atoms with Crippen molar-refractivity contribution in [2.75, 3.05) is 53.4 Å². The molecule has 1 aliphatic heterocycles. The third-order valence-electron chi connectivity index (χ3n) is 4.62. The average Bonchev–Trinajstić information content (AvgIpc) is 3.31. The standard InChI is InChI=1S/C16H31N5O.HI/c1-5-17-16(18-12-15(19(3)4)14-6-7-14)21-10-8-20(9-11-21)13(2)22;/h14-15H,5-12H2,1-4H3,(H,17,18);1H. The monoisotopic (exact) mass is 437 g/mol. The van der Waals surface area contributed by atoms with E-state index in [1.54, 1.807) is 6.92 Å². The highest BCUT2D eigenvalue weighted by molar-refractivity contribution is 14.0. The summed E-state index contributed by atoms with van der Waals surface area (Å²) >= 11 is 0. The highest BCUT2D eigenvalue weighted by Gasteiger charge is 2.32. The summed E-state index contributed by atoms with van der Waals surface area (Å²) in [6, 6.07) is 0.548. The Kier molecular flexibility index (Phi) is 8.60. The number of nitrogens with one attached hydrogen (secondary N) is 1. The van der Waals surface area contributed by atoms with Crippen molar-refractivity contribution in [3.63, 3.8) is 0 Å². The van der Waals surface area contributed by atoms with E-state index < -0.39 is 0 Å². The Morgan fingerprint density at radius 3 is 2.22 bits per heavy atom. The number of carbonyl (C=O) groups excluding carboxylic acids is 1. The number of guanidine groups is 1. The van der Waals surface area contributed by atoms with Gasteiger partial charge in [0, 0.05) is 45.7 Å². The largest absolute Gasteiger partial charge is 0.357 e. The number of piperazine rings is 1. The van der Waals surface area contributed by atoms with Crippen LogP contribution in [-0.2, 0) is 4.79 Å². The molecule has 134 valence electrons. The van der Waals surface area contributed by atoms with Gasteiger partial charge in [0.15, 0.2) is 5.96 Å². The molecule has 2 fully saturated rings. The van der Waals surface area contributed by atoms with E-state index in [4.69, 9.17) is 4.99 Å². The summed E-state index contributed by atoms with van der Waals surface area (Å²) in [5.41, 5.74) is 0. The maximum Gasteiger partial charge on any atom is 0.219 e. The van der Waals surface area contributed by atoms with Gasteiger partial charge in [0.25, 0.3) is 0 Å². The molecule has 1 saturated carbocycles. The normalized spacial score (nSPS) is 20.3. The zero-order valence-electron chi connectivity index (χ0n) is 14.9. The van der Waals surface area contributed by atoms with Gasteiger partial charge in [0.1, 0.15) is 0 Å². The predicted octanol–water partition coefficient (Wildman–Crippen LogP) is 1.07. The third kappa shape index (κ3) is 6.10. The molecule has 0 aromatic heterocycles. The molecule has 1 aliphatic carbocycles. The molecule has 1 heterocycles. The summed E-state index contributed by atoms with van der Waals surface area (Å²) < 4.78 is 0. The lowest BCUT2D eigenvalue weighted by molar-refractivity contribution is -0.130. The van der Waals surface area contributed by atoms with Gasteiger partial charge in [-0.05, 0) is 39.8 Å². The highest BCUT2D eigenvalue weighted by Crippen LogP contribution is 2.34. The second-order valence-electron chi connectivity index (χ2n) is 6.56. The third-order valence-corrected chi connectivity index (χ3v) is 4.62. The Labute approximate surface area is 157 Å². The molecule has 1 N–H and O–H groups in total. The molecule has 0 aromatic rings. The van der Waals surface area contributed by atoms with Gasteiger partial charge in [0.2, 0.25) is 5.91 Å². The van der Waals surface area contributed by atoms with E-state index in [1.165, 1.54) is 12.8 Å². The van der Waals surface area contributed by atoms with E-state index in [-0.39, 0.29) is 29.9 Å². The van der Waals surface area contributed by atoms with Crippen molar-refractivity contribution in [1.82, 2.24) is 20.0 Å². The first-order valence-corrected chi connectivity index (χ1v) is 8.48. The lowest BCUT2D eigenvalue weighted by Gasteiger charge is -2.36. The van der Waals surface area contributed by atoms with E-state index in [0.29, 0.717) is 6.04 Å². The lowest BCUT2D eigenvalue weighted by Crippen LogP contribution is -2.53. The lowest BCUT2D eigenvalue weighted by atomic mass is 10.2. The van der Waals surface area contributed by atoms with Crippen LogP contribution in [0.1, 0.15) is 26.7 Å². The van der Waals surface area contributed by atoms with Crippen LogP contribution in [0, 0.1) is 5.92 Å². The van der Waals surface area contributed by atoms with E-state index >= 15 is 0 Å². The van der Waals surface area contributed by atoms with E-state index in [1.807, 2.05) is 4.90 Å². The zero-order valence-corrected chi connectivity index (χ0v) is 17.2. The van der Waals surface area contributed by atoms with Gasteiger partial charge in [0.05, 0.1) is 6.54 Å². The van der Waals surface area contributed by atoms with Crippen molar-refractivity contribution < 1.29 is 4.79 Å². The Hall–Kier alpha value is -0.570. The zero-order chi connectivity index (χ0) is 16.1. The summed E-state index contributed by atoms with van der Waals surface area (Å²) in [7, 11) is 4.30. The smallest absolute Gasteiger partial charge is 0.219 e. The predicted molar refractivity (Wildman–Crippen MR) is 105 cm³/mol. The molecule has 1 saturated heterocycles. The van der Waals surface area contributed by atoms with Crippen LogP contribution in [0.4, 0.5) is 0 Å². The minimum atomic E-state index is 0. The number of amides is 1. The van der Waals surface area contributed by atoms with E-state index in [0.717, 1.165) is 51.1 Å². The number of hydrogen-bond donors (Lipinski definition) is 1. The fourth-order valence-corrected chi connectivity index (χ4v) is 3.05. The number of aliphatic imine (C=N–C) groups is 1. The molecular formula is C16H32IN5O. The number of nitrogens with zero attached hydrogens (tertiary/aromatic N) is 4. The second-order valence-corrected chi connectivity index (χ2v) is 6.56. The van der Waals surface area contributed by atoms with Crippen molar-refractivity contribution in [3.05, 3.63) is 0 Å². The maximum atomic E-state index is 11.4. The number of carbonyl (C=O) groups is 1. The summed E-state index contributed by atoms with van der Waals surface area (Å²) in [5.74, 6) is 1.98. The first kappa shape index (κ1) is 20.5. The highest BCUT2D eigenvalue weighted by atomic mass is 127. The molecule has 0 radical (unpaired) electrons. The number of rotatable bonds is 5. The Morgan fingerprint density at radius 2 is 1.78 bits per heavy atom. The topological polar surface area (TPSA) is 51.2 Å². The molecule has 7 heteroatoms. The molecule has 2 aliphatic rings. The van der Waals surface area contributed by atoms with Crippen molar-refractivity contribution in [3.8, 4) is 0 Å². The molecular weight excluding hydrogens is 405 g/mol. The SMILES string of the molecule is CCNC(=NCC(C1CC1)N(C)C)N1CCN(C(C)=O)CC1.I. The molecule has 1 amide bonds. The van der Waals surface area contributed by atoms with Gasteiger partial charge in [-0.1, -0.05) is 0 Å². The maximum absolute atomic E-state index is 11.4. The van der Waals surface area contributed by atoms with Crippen molar-refractivity contribution in [2.45, 2.75) is 32.7 Å². The van der Waals surface area contributed by atoms with Crippen molar-refractivity contribution in [1.29, 1.82) is 0 Å². The van der Waals surface area contributed by atoms with Gasteiger partial charge in [-0.3, -0.25) is 9.79 Å². The summed E-state index contributed by atoms with van der Waals surface area (Å²) in [6.07, 6.45) is 2.68. The summed E-state index contributed by atoms with van der Waals surface area (Å²) in [5, 5.41) is 3.40. The summed E-state index contributed by atoms with van der Waals surface area (Å²) in [4.78, 5) is 22.8. The Bertz CT molecular complexity index is 401. The number of halogens is 1. The van der Waals surface area contributed by atoms with E-state index in [2.05, 4.69) is 36.1 Å². The van der Waals surface area contributed by atoms with Gasteiger partial charge in [-0.15, -0.1) is 24.0 Å². The van der Waals surface area contributed by atoms with Gasteiger partial charge < -0.3 is 20.0 Å². The minimum absolute atomic E-state index is 0. The molecule has 1 atom stereocenters. The number of likely N-dealkylation sites (N-methyl/N-ethyl adjacent to an activating group) is 1. The van der Waals surface area contributed by atoms with E-state index in [9.17, 15) is 4.79 Å². The van der Waals surface area contributed by atoms with Gasteiger partial charge in [-0.2, -0.15) is 0 Å². The first-order chi connectivity index (χ1) is 10.5. The Balaban J connectivity index is 0.00000264. The average molecular weight is 437 g/mol. The van der Waals surface area contributed by atoms with Gasteiger partial charge >= 0.3 is 0 Å². The molecule has 0 bridgehead atoms. The van der Waals surface area contributed by atoms with Crippen LogP contribution < -0.4 is 5.32 Å². The fourth-order valence-electron chi connectivity index (χ4n) is 3.05. The van der Waals surface area contributed by atoms with Crippen molar-refractivity contribution in [2.24, 2.45) is 10.9 Å². The summed E-state index contributed by atoms with van der Waals surface area (Å²) in [6.45, 7) is 8.79. The van der Waals surface area contributed by atoms with Crippen LogP contribution in [0.2, 0.25) is 0 Å². The van der Waals surface area contributed by atoms with Crippen LogP contribution >= 0.6 is 24.0 Å². The van der Waals surface area contributed by atoms with Crippen molar-refractivity contribution >= 4 is 35.8 Å². The van der Waals surface area contributed by atoms with Crippen LogP contribution in [0.25, 0.3) is 0 Å². The van der Waals surface area contributed by atoms with Gasteiger partial charge in [-0.25, -0.2) is 0 Å². The molecule has 1 unspecified atom stereocenters. The molecule has 0 spiro atoms. The second kappa shape index (κ2) is 9.66. The first-order valence-electron chi connectivity index (χ1n) is 8.48. The van der Waals surface area contributed by atoms with Crippen LogP contribution in [0.5, 0.6) is 0 Å². The van der Waals surface area contributed by atoms with Crippen LogP contribution in [0.15, 0.2) is 4.99 Å². The quantitative estimate of drug-likeness (QED) is 0.397. The fraction of sp³-hybridized carbons (Fsp3) is 0.875. The van der Waals surface area contributed by atoms with Crippen LogP contribution in [0.3, 0.4) is 0 Å². The Morgan fingerprint density at radius 1 is 1.22 bits per heavy atom. The minimum Gasteiger partial charge on any atom is -0.357 e. The molecule has 6 nitrogen and oxygen atoms in total.